The summed E-state index contributed by atoms with van der Waals surface area (Å²) in [5.41, 5.74) is 5.64. The Labute approximate surface area is 74.3 Å². The van der Waals surface area contributed by atoms with Gasteiger partial charge in [0.25, 0.3) is 0 Å². The van der Waals surface area contributed by atoms with Gasteiger partial charge in [-0.25, -0.2) is 0 Å². The Bertz CT molecular complexity index is 126. The second-order valence-electron chi connectivity index (χ2n) is 2.96. The van der Waals surface area contributed by atoms with Crippen LogP contribution in [0.15, 0.2) is 0 Å². The lowest BCUT2D eigenvalue weighted by Crippen LogP contribution is -2.30. The van der Waals surface area contributed by atoms with Gasteiger partial charge in [0, 0.05) is 20.1 Å². The summed E-state index contributed by atoms with van der Waals surface area (Å²) in [7, 11) is 1.65. The van der Waals surface area contributed by atoms with E-state index in [9.17, 15) is 4.79 Å². The molecule has 0 saturated carbocycles. The fourth-order valence-corrected chi connectivity index (χ4v) is 1.04. The Morgan fingerprint density at radius 3 is 2.75 bits per heavy atom. The lowest BCUT2D eigenvalue weighted by molar-refractivity contribution is -0.120. The van der Waals surface area contributed by atoms with E-state index < -0.39 is 0 Å². The van der Waals surface area contributed by atoms with Crippen molar-refractivity contribution < 1.29 is 9.53 Å². The molecule has 0 spiro atoms. The van der Waals surface area contributed by atoms with E-state index in [-0.39, 0.29) is 11.8 Å². The molecule has 3 nitrogen and oxygen atoms in total. The molecule has 0 amide bonds. The number of hydrogen-bond acceptors (Lipinski definition) is 3. The minimum absolute atomic E-state index is 0.175. The number of nitrogens with two attached hydrogens (primary N) is 1. The second kappa shape index (κ2) is 7.25. The molecule has 0 aliphatic carbocycles. The van der Waals surface area contributed by atoms with Gasteiger partial charge in [-0.2, -0.15) is 0 Å². The molecule has 0 saturated heterocycles. The van der Waals surface area contributed by atoms with Crippen LogP contribution in [0.1, 0.15) is 32.6 Å². The maximum atomic E-state index is 11.2. The normalized spacial score (nSPS) is 12.9. The van der Waals surface area contributed by atoms with Crippen molar-refractivity contribution in [2.45, 2.75) is 38.6 Å². The van der Waals surface area contributed by atoms with Crippen molar-refractivity contribution in [2.24, 2.45) is 5.73 Å². The van der Waals surface area contributed by atoms with Gasteiger partial charge in [0.05, 0.1) is 6.04 Å². The van der Waals surface area contributed by atoms with E-state index in [2.05, 4.69) is 0 Å². The maximum absolute atomic E-state index is 11.2. The fourth-order valence-electron chi connectivity index (χ4n) is 1.04. The summed E-state index contributed by atoms with van der Waals surface area (Å²) in [6.07, 6.45) is 3.10. The molecule has 0 aliphatic heterocycles. The third-order valence-electron chi connectivity index (χ3n) is 1.77. The first kappa shape index (κ1) is 11.6. The van der Waals surface area contributed by atoms with Crippen molar-refractivity contribution in [1.29, 1.82) is 0 Å². The molecule has 12 heavy (non-hydrogen) atoms. The Morgan fingerprint density at radius 1 is 1.58 bits per heavy atom. The van der Waals surface area contributed by atoms with Crippen molar-refractivity contribution in [3.63, 3.8) is 0 Å². The molecule has 0 radical (unpaired) electrons. The molecular weight excluding hydrogens is 154 g/mol. The van der Waals surface area contributed by atoms with Gasteiger partial charge < -0.3 is 10.5 Å². The van der Waals surface area contributed by atoms with Crippen LogP contribution in [0.2, 0.25) is 0 Å². The summed E-state index contributed by atoms with van der Waals surface area (Å²) in [5, 5.41) is 0. The SMILES string of the molecule is CCCC(=O)C(N)CCCOC. The van der Waals surface area contributed by atoms with E-state index >= 15 is 0 Å². The van der Waals surface area contributed by atoms with Gasteiger partial charge in [0.2, 0.25) is 0 Å². The van der Waals surface area contributed by atoms with E-state index in [0.717, 1.165) is 19.3 Å². The van der Waals surface area contributed by atoms with E-state index in [1.165, 1.54) is 0 Å². The van der Waals surface area contributed by atoms with E-state index in [1.54, 1.807) is 7.11 Å². The molecule has 0 heterocycles. The van der Waals surface area contributed by atoms with Gasteiger partial charge in [-0.3, -0.25) is 4.79 Å². The Balaban J connectivity index is 3.42. The summed E-state index contributed by atoms with van der Waals surface area (Å²) in [4.78, 5) is 11.2. The maximum Gasteiger partial charge on any atom is 0.149 e. The largest absolute Gasteiger partial charge is 0.385 e. The lowest BCUT2D eigenvalue weighted by Gasteiger charge is -2.08. The zero-order chi connectivity index (χ0) is 9.40. The van der Waals surface area contributed by atoms with Gasteiger partial charge in [-0.15, -0.1) is 0 Å². The van der Waals surface area contributed by atoms with Crippen LogP contribution < -0.4 is 5.73 Å². The summed E-state index contributed by atoms with van der Waals surface area (Å²) in [6.45, 7) is 2.67. The predicted octanol–water partition coefficient (Wildman–Crippen LogP) is 1.11. The van der Waals surface area contributed by atoms with Crippen molar-refractivity contribution in [2.75, 3.05) is 13.7 Å². The minimum Gasteiger partial charge on any atom is -0.385 e. The molecule has 72 valence electrons. The summed E-state index contributed by atoms with van der Waals surface area (Å²) in [6, 6.07) is -0.278. The molecule has 0 aromatic rings. The molecule has 0 fully saturated rings. The first-order chi connectivity index (χ1) is 5.72. The van der Waals surface area contributed by atoms with Gasteiger partial charge in [-0.1, -0.05) is 6.92 Å². The molecule has 1 atom stereocenters. The minimum atomic E-state index is -0.278. The Hall–Kier alpha value is -0.410. The first-order valence-corrected chi connectivity index (χ1v) is 4.49. The number of carbonyl (C=O) groups is 1. The molecule has 3 heteroatoms. The van der Waals surface area contributed by atoms with E-state index in [1.807, 2.05) is 6.92 Å². The number of Topliss-reactive ketones (excluding diaryl/α,β-unsaturated/α-hetero) is 1. The molecular formula is C9H19NO2. The van der Waals surface area contributed by atoms with Crippen LogP contribution in [0.5, 0.6) is 0 Å². The summed E-state index contributed by atoms with van der Waals surface area (Å²) >= 11 is 0. The third kappa shape index (κ3) is 5.27. The van der Waals surface area contributed by atoms with Crippen molar-refractivity contribution in [3.05, 3.63) is 0 Å². The van der Waals surface area contributed by atoms with E-state index in [4.69, 9.17) is 10.5 Å². The third-order valence-corrected chi connectivity index (χ3v) is 1.77. The molecule has 0 aromatic carbocycles. The zero-order valence-corrected chi connectivity index (χ0v) is 8.01. The highest BCUT2D eigenvalue weighted by Gasteiger charge is 2.10. The highest BCUT2D eigenvalue weighted by Crippen LogP contribution is 2.00. The zero-order valence-electron chi connectivity index (χ0n) is 8.01. The second-order valence-corrected chi connectivity index (χ2v) is 2.96. The number of rotatable bonds is 7. The molecule has 1 unspecified atom stereocenters. The average molecular weight is 173 g/mol. The van der Waals surface area contributed by atoms with Crippen molar-refractivity contribution >= 4 is 5.78 Å². The number of ketones is 1. The van der Waals surface area contributed by atoms with Crippen molar-refractivity contribution in [3.8, 4) is 0 Å². The van der Waals surface area contributed by atoms with Gasteiger partial charge in [-0.05, 0) is 19.3 Å². The van der Waals surface area contributed by atoms with E-state index in [0.29, 0.717) is 13.0 Å². The van der Waals surface area contributed by atoms with Crippen LogP contribution in [-0.4, -0.2) is 25.5 Å². The quantitative estimate of drug-likeness (QED) is 0.587. The summed E-state index contributed by atoms with van der Waals surface area (Å²) in [5.74, 6) is 0.175. The van der Waals surface area contributed by atoms with Crippen LogP contribution in [-0.2, 0) is 9.53 Å². The monoisotopic (exact) mass is 173 g/mol. The lowest BCUT2D eigenvalue weighted by atomic mass is 10.0. The first-order valence-electron chi connectivity index (χ1n) is 4.49. The van der Waals surface area contributed by atoms with Crippen LogP contribution in [0, 0.1) is 0 Å². The van der Waals surface area contributed by atoms with Crippen LogP contribution >= 0.6 is 0 Å². The van der Waals surface area contributed by atoms with Gasteiger partial charge in [0.15, 0.2) is 0 Å². The summed E-state index contributed by atoms with van der Waals surface area (Å²) < 4.78 is 4.87. The smallest absolute Gasteiger partial charge is 0.149 e. The Morgan fingerprint density at radius 2 is 2.25 bits per heavy atom. The molecule has 0 bridgehead atoms. The molecule has 0 rings (SSSR count). The predicted molar refractivity (Wildman–Crippen MR) is 49.0 cm³/mol. The van der Waals surface area contributed by atoms with Gasteiger partial charge >= 0.3 is 0 Å². The van der Waals surface area contributed by atoms with Crippen LogP contribution in [0.25, 0.3) is 0 Å². The Kier molecular flexibility index (Phi) is 7.00. The van der Waals surface area contributed by atoms with Gasteiger partial charge in [0.1, 0.15) is 5.78 Å². The number of ether oxygens (including phenoxy) is 1. The average Bonchev–Trinajstić information content (AvgIpc) is 2.05. The fraction of sp³-hybridized carbons (Fsp3) is 0.889. The molecule has 0 aliphatic rings. The van der Waals surface area contributed by atoms with Crippen LogP contribution in [0.4, 0.5) is 0 Å². The number of methoxy groups -OCH3 is 1. The molecule has 2 N–H and O–H groups in total. The number of carbonyl (C=O) groups excluding carboxylic acids is 1. The van der Waals surface area contributed by atoms with Crippen molar-refractivity contribution in [1.82, 2.24) is 0 Å². The highest BCUT2D eigenvalue weighted by molar-refractivity contribution is 5.83. The number of hydrogen-bond donors (Lipinski definition) is 1. The standard InChI is InChI=1S/C9H19NO2/c1-3-5-9(11)8(10)6-4-7-12-2/h8H,3-7,10H2,1-2H3. The van der Waals surface area contributed by atoms with Crippen LogP contribution in [0.3, 0.4) is 0 Å². The molecule has 0 aromatic heterocycles. The highest BCUT2D eigenvalue weighted by atomic mass is 16.5. The topological polar surface area (TPSA) is 52.3 Å².